The lowest BCUT2D eigenvalue weighted by molar-refractivity contribution is 0.338. The quantitative estimate of drug-likeness (QED) is 0.749. The third-order valence-corrected chi connectivity index (χ3v) is 3.97. The molecule has 0 unspecified atom stereocenters. The van der Waals surface area contributed by atoms with E-state index in [1.165, 1.54) is 31.2 Å². The zero-order valence-corrected chi connectivity index (χ0v) is 11.1. The molecule has 1 aliphatic rings. The molecule has 0 amide bonds. The summed E-state index contributed by atoms with van der Waals surface area (Å²) in [4.78, 5) is 0. The summed E-state index contributed by atoms with van der Waals surface area (Å²) >= 11 is 0. The number of benzene rings is 1. The van der Waals surface area contributed by atoms with E-state index in [-0.39, 0.29) is 5.41 Å². The smallest absolute Gasteiger partial charge is 0.119 e. The summed E-state index contributed by atoms with van der Waals surface area (Å²) in [5, 5.41) is 9.57. The van der Waals surface area contributed by atoms with E-state index in [0.29, 0.717) is 0 Å². The summed E-state index contributed by atoms with van der Waals surface area (Å²) in [6, 6.07) is 10.7. The second-order valence-electron chi connectivity index (χ2n) is 5.33. The number of hydrogen-bond donors (Lipinski definition) is 0. The number of nitrogens with zero attached hydrogens (tertiary/aromatic N) is 1. The fraction of sp³-hybridized carbons (Fsp3) is 0.562. The van der Waals surface area contributed by atoms with Crippen molar-refractivity contribution in [3.05, 3.63) is 29.8 Å². The molecular weight excluding hydrogens is 222 g/mol. The molecule has 0 aliphatic heterocycles. The van der Waals surface area contributed by atoms with E-state index in [0.717, 1.165) is 25.0 Å². The number of nitriles is 1. The van der Waals surface area contributed by atoms with Gasteiger partial charge in [0.1, 0.15) is 5.75 Å². The van der Waals surface area contributed by atoms with Crippen molar-refractivity contribution in [1.82, 2.24) is 0 Å². The van der Waals surface area contributed by atoms with Gasteiger partial charge in [0, 0.05) is 0 Å². The van der Waals surface area contributed by atoms with Crippen molar-refractivity contribution in [2.24, 2.45) is 5.41 Å². The van der Waals surface area contributed by atoms with Crippen LogP contribution in [0.25, 0.3) is 0 Å². The summed E-state index contributed by atoms with van der Waals surface area (Å²) in [5.41, 5.74) is 1.07. The van der Waals surface area contributed by atoms with Crippen LogP contribution in [0.1, 0.15) is 44.1 Å². The molecule has 0 atom stereocenters. The third kappa shape index (κ3) is 3.04. The lowest BCUT2D eigenvalue weighted by Crippen LogP contribution is -2.20. The molecule has 0 spiro atoms. The minimum Gasteiger partial charge on any atom is -0.497 e. The fourth-order valence-corrected chi connectivity index (χ4v) is 2.91. The van der Waals surface area contributed by atoms with Crippen LogP contribution >= 0.6 is 0 Å². The maximum Gasteiger partial charge on any atom is 0.119 e. The first-order valence-corrected chi connectivity index (χ1v) is 6.82. The number of rotatable bonds is 3. The molecule has 0 radical (unpaired) electrons. The van der Waals surface area contributed by atoms with Gasteiger partial charge in [0.15, 0.2) is 0 Å². The van der Waals surface area contributed by atoms with E-state index in [9.17, 15) is 5.26 Å². The molecule has 2 nitrogen and oxygen atoms in total. The molecule has 1 aromatic carbocycles. The Morgan fingerprint density at radius 2 is 1.94 bits per heavy atom. The first kappa shape index (κ1) is 13.0. The van der Waals surface area contributed by atoms with Gasteiger partial charge in [0.2, 0.25) is 0 Å². The SMILES string of the molecule is COc1cccc(CC2(C#N)CCCCCC2)c1. The molecule has 0 N–H and O–H groups in total. The lowest BCUT2D eigenvalue weighted by atomic mass is 9.77. The van der Waals surface area contributed by atoms with Crippen molar-refractivity contribution in [3.63, 3.8) is 0 Å². The van der Waals surface area contributed by atoms with Crippen molar-refractivity contribution in [3.8, 4) is 11.8 Å². The highest BCUT2D eigenvalue weighted by atomic mass is 16.5. The lowest BCUT2D eigenvalue weighted by Gasteiger charge is -2.25. The zero-order chi connectivity index (χ0) is 12.8. The van der Waals surface area contributed by atoms with Crippen LogP contribution in [-0.4, -0.2) is 7.11 Å². The Labute approximate surface area is 110 Å². The van der Waals surface area contributed by atoms with E-state index in [1.807, 2.05) is 12.1 Å². The van der Waals surface area contributed by atoms with Gasteiger partial charge in [-0.05, 0) is 37.0 Å². The number of methoxy groups -OCH3 is 1. The molecule has 96 valence electrons. The normalized spacial score (nSPS) is 18.7. The predicted molar refractivity (Wildman–Crippen MR) is 72.4 cm³/mol. The van der Waals surface area contributed by atoms with Gasteiger partial charge < -0.3 is 4.74 Å². The maximum atomic E-state index is 9.57. The highest BCUT2D eigenvalue weighted by Crippen LogP contribution is 2.37. The average Bonchev–Trinajstić information content (AvgIpc) is 2.65. The van der Waals surface area contributed by atoms with Crippen molar-refractivity contribution in [1.29, 1.82) is 5.26 Å². The minimum absolute atomic E-state index is 0.150. The molecule has 2 rings (SSSR count). The largest absolute Gasteiger partial charge is 0.497 e. The monoisotopic (exact) mass is 243 g/mol. The molecule has 1 aliphatic carbocycles. The van der Waals surface area contributed by atoms with Crippen LogP contribution in [0.15, 0.2) is 24.3 Å². The van der Waals surface area contributed by atoms with Gasteiger partial charge in [-0.1, -0.05) is 37.8 Å². The highest BCUT2D eigenvalue weighted by Gasteiger charge is 2.31. The molecule has 0 aromatic heterocycles. The van der Waals surface area contributed by atoms with Gasteiger partial charge in [-0.3, -0.25) is 0 Å². The van der Waals surface area contributed by atoms with Crippen molar-refractivity contribution >= 4 is 0 Å². The van der Waals surface area contributed by atoms with E-state index in [2.05, 4.69) is 18.2 Å². The summed E-state index contributed by atoms with van der Waals surface area (Å²) in [7, 11) is 1.69. The van der Waals surface area contributed by atoms with Crippen molar-refractivity contribution in [2.45, 2.75) is 44.9 Å². The van der Waals surface area contributed by atoms with Crippen molar-refractivity contribution < 1.29 is 4.74 Å². The molecule has 1 fully saturated rings. The second-order valence-corrected chi connectivity index (χ2v) is 5.33. The van der Waals surface area contributed by atoms with Crippen molar-refractivity contribution in [2.75, 3.05) is 7.11 Å². The molecular formula is C16H21NO. The topological polar surface area (TPSA) is 33.0 Å². The van der Waals surface area contributed by atoms with Crippen LogP contribution in [0.3, 0.4) is 0 Å². The van der Waals surface area contributed by atoms with Gasteiger partial charge in [0.05, 0.1) is 18.6 Å². The summed E-state index contributed by atoms with van der Waals surface area (Å²) in [5.74, 6) is 0.884. The fourth-order valence-electron chi connectivity index (χ4n) is 2.91. The third-order valence-electron chi connectivity index (χ3n) is 3.97. The maximum absolute atomic E-state index is 9.57. The van der Waals surface area contributed by atoms with Crippen LogP contribution < -0.4 is 4.74 Å². The van der Waals surface area contributed by atoms with E-state index >= 15 is 0 Å². The Morgan fingerprint density at radius 3 is 2.56 bits per heavy atom. The number of ether oxygens (including phenoxy) is 1. The highest BCUT2D eigenvalue weighted by molar-refractivity contribution is 5.30. The minimum atomic E-state index is -0.150. The van der Waals surface area contributed by atoms with Gasteiger partial charge in [0.25, 0.3) is 0 Å². The second kappa shape index (κ2) is 5.91. The van der Waals surface area contributed by atoms with Crippen LogP contribution in [0.5, 0.6) is 5.75 Å². The summed E-state index contributed by atoms with van der Waals surface area (Å²) < 4.78 is 5.25. The standard InChI is InChI=1S/C16H21NO/c1-18-15-8-6-7-14(11-15)12-16(13-17)9-4-2-3-5-10-16/h6-8,11H,2-5,9-10,12H2,1H3. The zero-order valence-electron chi connectivity index (χ0n) is 11.1. The Bertz CT molecular complexity index is 425. The first-order chi connectivity index (χ1) is 8.78. The van der Waals surface area contributed by atoms with Gasteiger partial charge >= 0.3 is 0 Å². The van der Waals surface area contributed by atoms with E-state index < -0.39 is 0 Å². The molecule has 1 aromatic rings. The van der Waals surface area contributed by atoms with Crippen LogP contribution in [0, 0.1) is 16.7 Å². The Morgan fingerprint density at radius 1 is 1.22 bits per heavy atom. The van der Waals surface area contributed by atoms with E-state index in [1.54, 1.807) is 7.11 Å². The molecule has 1 saturated carbocycles. The predicted octanol–water partition coefficient (Wildman–Crippen LogP) is 4.10. The average molecular weight is 243 g/mol. The molecule has 2 heteroatoms. The van der Waals surface area contributed by atoms with E-state index in [4.69, 9.17) is 4.74 Å². The number of hydrogen-bond acceptors (Lipinski definition) is 2. The van der Waals surface area contributed by atoms with Crippen LogP contribution in [0.2, 0.25) is 0 Å². The molecule has 18 heavy (non-hydrogen) atoms. The van der Waals surface area contributed by atoms with Crippen LogP contribution in [0.4, 0.5) is 0 Å². The molecule has 0 bridgehead atoms. The van der Waals surface area contributed by atoms with Gasteiger partial charge in [-0.2, -0.15) is 5.26 Å². The Kier molecular flexibility index (Phi) is 4.25. The van der Waals surface area contributed by atoms with Gasteiger partial charge in [-0.15, -0.1) is 0 Å². The first-order valence-electron chi connectivity index (χ1n) is 6.82. The summed E-state index contributed by atoms with van der Waals surface area (Å²) in [6.07, 6.45) is 7.89. The summed E-state index contributed by atoms with van der Waals surface area (Å²) in [6.45, 7) is 0. The Balaban J connectivity index is 2.16. The molecule has 0 heterocycles. The van der Waals surface area contributed by atoms with Crippen LogP contribution in [-0.2, 0) is 6.42 Å². The molecule has 0 saturated heterocycles. The Hall–Kier alpha value is -1.49. The van der Waals surface area contributed by atoms with Gasteiger partial charge in [-0.25, -0.2) is 0 Å².